The summed E-state index contributed by atoms with van der Waals surface area (Å²) in [7, 11) is 0. The van der Waals surface area contributed by atoms with Gasteiger partial charge in [-0.25, -0.2) is 4.39 Å². The summed E-state index contributed by atoms with van der Waals surface area (Å²) in [5, 5.41) is 8.92. The van der Waals surface area contributed by atoms with Gasteiger partial charge in [-0.15, -0.1) is 0 Å². The van der Waals surface area contributed by atoms with Gasteiger partial charge in [0.1, 0.15) is 5.82 Å². The monoisotopic (exact) mass is 277 g/mol. The number of nitrogens with zero attached hydrogens (tertiary/aromatic N) is 1. The maximum atomic E-state index is 12.9. The van der Waals surface area contributed by atoms with Crippen molar-refractivity contribution in [2.45, 2.75) is 31.8 Å². The van der Waals surface area contributed by atoms with Gasteiger partial charge in [-0.3, -0.25) is 9.59 Å². The lowest BCUT2D eigenvalue weighted by Gasteiger charge is -2.22. The van der Waals surface area contributed by atoms with Crippen molar-refractivity contribution >= 4 is 11.9 Å². The number of aliphatic carboxylic acids is 1. The zero-order chi connectivity index (χ0) is 14.3. The second-order valence-corrected chi connectivity index (χ2v) is 5.61. The number of carboxylic acid groups (broad SMARTS) is 1. The average molecular weight is 277 g/mol. The quantitative estimate of drug-likeness (QED) is 0.896. The Balaban J connectivity index is 1.68. The Hall–Kier alpha value is -1.91. The molecule has 1 aromatic carbocycles. The Labute approximate surface area is 116 Å². The van der Waals surface area contributed by atoms with Crippen LogP contribution in [0.5, 0.6) is 0 Å². The fourth-order valence-electron chi connectivity index (χ4n) is 2.51. The van der Waals surface area contributed by atoms with E-state index in [1.807, 2.05) is 0 Å². The summed E-state index contributed by atoms with van der Waals surface area (Å²) in [5.41, 5.74) is 0.874. The lowest BCUT2D eigenvalue weighted by atomic mass is 10.2. The fraction of sp³-hybridized carbons (Fsp3) is 0.467. The standard InChI is InChI=1S/C15H16FNO3/c16-10-3-1-9(2-4-10)8-17(11-5-6-11)14(18)12-7-13(12)15(19)20/h1-4,11-13H,5-8H2,(H,19,20). The smallest absolute Gasteiger partial charge is 0.307 e. The van der Waals surface area contributed by atoms with Crippen LogP contribution in [0.1, 0.15) is 24.8 Å². The molecule has 5 heteroatoms. The SMILES string of the molecule is O=C(O)C1CC1C(=O)N(Cc1ccc(F)cc1)C1CC1. The molecule has 0 aromatic heterocycles. The van der Waals surface area contributed by atoms with Crippen LogP contribution in [0.4, 0.5) is 4.39 Å². The Kier molecular flexibility index (Phi) is 3.20. The summed E-state index contributed by atoms with van der Waals surface area (Å²) in [6, 6.07) is 6.31. The van der Waals surface area contributed by atoms with Gasteiger partial charge in [0.15, 0.2) is 0 Å². The molecule has 0 bridgehead atoms. The van der Waals surface area contributed by atoms with Crippen molar-refractivity contribution in [2.24, 2.45) is 11.8 Å². The van der Waals surface area contributed by atoms with Gasteiger partial charge in [-0.1, -0.05) is 12.1 Å². The molecule has 2 saturated carbocycles. The molecular weight excluding hydrogens is 261 g/mol. The van der Waals surface area contributed by atoms with Crippen LogP contribution in [-0.2, 0) is 16.1 Å². The number of carbonyl (C=O) groups is 2. The first kappa shape index (κ1) is 13.1. The summed E-state index contributed by atoms with van der Waals surface area (Å²) >= 11 is 0. The molecule has 3 rings (SSSR count). The number of benzene rings is 1. The van der Waals surface area contributed by atoms with Gasteiger partial charge in [0.2, 0.25) is 5.91 Å². The number of hydrogen-bond acceptors (Lipinski definition) is 2. The molecule has 2 aliphatic rings. The molecule has 1 N–H and O–H groups in total. The number of carboxylic acids is 1. The second kappa shape index (κ2) is 4.89. The number of amides is 1. The van der Waals surface area contributed by atoms with Crippen molar-refractivity contribution in [3.63, 3.8) is 0 Å². The summed E-state index contributed by atoms with van der Waals surface area (Å²) in [5.74, 6) is -2.14. The number of rotatable bonds is 5. The van der Waals surface area contributed by atoms with E-state index in [1.54, 1.807) is 17.0 Å². The van der Waals surface area contributed by atoms with Crippen LogP contribution in [0.2, 0.25) is 0 Å². The molecule has 0 saturated heterocycles. The van der Waals surface area contributed by atoms with Gasteiger partial charge >= 0.3 is 5.97 Å². The molecule has 1 amide bonds. The normalized spacial score (nSPS) is 24.2. The minimum Gasteiger partial charge on any atom is -0.481 e. The Bertz CT molecular complexity index is 539. The van der Waals surface area contributed by atoms with Crippen molar-refractivity contribution in [3.8, 4) is 0 Å². The molecule has 0 radical (unpaired) electrons. The first-order chi connectivity index (χ1) is 9.56. The highest BCUT2D eigenvalue weighted by atomic mass is 19.1. The van der Waals surface area contributed by atoms with Gasteiger partial charge in [0, 0.05) is 12.6 Å². The van der Waals surface area contributed by atoms with Crippen LogP contribution in [0, 0.1) is 17.7 Å². The van der Waals surface area contributed by atoms with Crippen molar-refractivity contribution in [1.82, 2.24) is 4.90 Å². The molecule has 4 nitrogen and oxygen atoms in total. The lowest BCUT2D eigenvalue weighted by molar-refractivity contribution is -0.142. The summed E-state index contributed by atoms with van der Waals surface area (Å²) < 4.78 is 12.9. The third-order valence-corrected chi connectivity index (χ3v) is 3.96. The lowest BCUT2D eigenvalue weighted by Crippen LogP contribution is -2.34. The Morgan fingerprint density at radius 2 is 1.85 bits per heavy atom. The van der Waals surface area contributed by atoms with Crippen molar-refractivity contribution in [2.75, 3.05) is 0 Å². The highest BCUT2D eigenvalue weighted by Crippen LogP contribution is 2.42. The van der Waals surface area contributed by atoms with E-state index in [0.717, 1.165) is 18.4 Å². The van der Waals surface area contributed by atoms with Gasteiger partial charge in [-0.05, 0) is 37.0 Å². The molecule has 2 fully saturated rings. The van der Waals surface area contributed by atoms with E-state index in [-0.39, 0.29) is 23.7 Å². The van der Waals surface area contributed by atoms with Crippen LogP contribution >= 0.6 is 0 Å². The maximum Gasteiger partial charge on any atom is 0.307 e. The maximum absolute atomic E-state index is 12.9. The average Bonchev–Trinajstić information content (AvgIpc) is 3.28. The molecule has 2 unspecified atom stereocenters. The molecule has 0 aliphatic heterocycles. The van der Waals surface area contributed by atoms with E-state index in [1.165, 1.54) is 12.1 Å². The number of carbonyl (C=O) groups excluding carboxylic acids is 1. The highest BCUT2D eigenvalue weighted by molar-refractivity contribution is 5.89. The summed E-state index contributed by atoms with van der Waals surface area (Å²) in [4.78, 5) is 25.0. The van der Waals surface area contributed by atoms with Gasteiger partial charge in [0.05, 0.1) is 11.8 Å². The molecule has 106 valence electrons. The molecule has 20 heavy (non-hydrogen) atoms. The molecule has 0 heterocycles. The third kappa shape index (κ3) is 2.66. The Morgan fingerprint density at radius 1 is 1.20 bits per heavy atom. The van der Waals surface area contributed by atoms with Gasteiger partial charge < -0.3 is 10.0 Å². The van der Waals surface area contributed by atoms with Crippen LogP contribution in [0.15, 0.2) is 24.3 Å². The van der Waals surface area contributed by atoms with E-state index in [2.05, 4.69) is 0 Å². The molecular formula is C15H16FNO3. The number of halogens is 1. The van der Waals surface area contributed by atoms with Crippen LogP contribution in [-0.4, -0.2) is 27.9 Å². The largest absolute Gasteiger partial charge is 0.481 e. The first-order valence-electron chi connectivity index (χ1n) is 6.84. The fourth-order valence-corrected chi connectivity index (χ4v) is 2.51. The summed E-state index contributed by atoms with van der Waals surface area (Å²) in [6.45, 7) is 0.437. The van der Waals surface area contributed by atoms with Crippen molar-refractivity contribution < 1.29 is 19.1 Å². The first-order valence-corrected chi connectivity index (χ1v) is 6.84. The zero-order valence-electron chi connectivity index (χ0n) is 11.0. The molecule has 0 spiro atoms. The van der Waals surface area contributed by atoms with E-state index in [0.29, 0.717) is 13.0 Å². The van der Waals surface area contributed by atoms with E-state index >= 15 is 0 Å². The van der Waals surface area contributed by atoms with Crippen LogP contribution < -0.4 is 0 Å². The molecule has 2 atom stereocenters. The summed E-state index contributed by atoms with van der Waals surface area (Å²) in [6.07, 6.45) is 2.38. The highest BCUT2D eigenvalue weighted by Gasteiger charge is 2.51. The van der Waals surface area contributed by atoms with E-state index in [4.69, 9.17) is 5.11 Å². The van der Waals surface area contributed by atoms with Gasteiger partial charge in [0.25, 0.3) is 0 Å². The Morgan fingerprint density at radius 3 is 2.35 bits per heavy atom. The molecule has 2 aliphatic carbocycles. The molecule has 1 aromatic rings. The van der Waals surface area contributed by atoms with Crippen molar-refractivity contribution in [1.29, 1.82) is 0 Å². The predicted molar refractivity (Wildman–Crippen MR) is 69.2 cm³/mol. The minimum absolute atomic E-state index is 0.0655. The van der Waals surface area contributed by atoms with Crippen LogP contribution in [0.3, 0.4) is 0 Å². The topological polar surface area (TPSA) is 57.6 Å². The second-order valence-electron chi connectivity index (χ2n) is 5.61. The van der Waals surface area contributed by atoms with Crippen LogP contribution in [0.25, 0.3) is 0 Å². The van der Waals surface area contributed by atoms with E-state index < -0.39 is 11.9 Å². The zero-order valence-corrected chi connectivity index (χ0v) is 11.0. The van der Waals surface area contributed by atoms with Crippen molar-refractivity contribution in [3.05, 3.63) is 35.6 Å². The number of hydrogen-bond donors (Lipinski definition) is 1. The van der Waals surface area contributed by atoms with E-state index in [9.17, 15) is 14.0 Å². The van der Waals surface area contributed by atoms with Gasteiger partial charge in [-0.2, -0.15) is 0 Å². The third-order valence-electron chi connectivity index (χ3n) is 3.96. The minimum atomic E-state index is -0.888. The predicted octanol–water partition coefficient (Wildman–Crippen LogP) is 2.04.